The molecule has 0 unspecified atom stereocenters. The van der Waals surface area contributed by atoms with E-state index < -0.39 is 0 Å². The van der Waals surface area contributed by atoms with Gasteiger partial charge in [0.1, 0.15) is 5.82 Å². The van der Waals surface area contributed by atoms with E-state index >= 15 is 0 Å². The van der Waals surface area contributed by atoms with Crippen LogP contribution in [0.25, 0.3) is 0 Å². The SMILES string of the molecule is CN1CCC(C)(CNc2ncccc2Br)CC1. The standard InChI is InChI=1S/C13H20BrN3/c1-13(5-8-17(2)9-6-13)10-16-12-11(14)4-3-7-15-12/h3-4,7H,5-6,8-10H2,1-2H3,(H,15,16). The number of hydrogen-bond donors (Lipinski definition) is 1. The average Bonchev–Trinajstić information content (AvgIpc) is 2.33. The van der Waals surface area contributed by atoms with E-state index in [1.807, 2.05) is 18.3 Å². The summed E-state index contributed by atoms with van der Waals surface area (Å²) in [4.78, 5) is 6.74. The van der Waals surface area contributed by atoms with Crippen molar-refractivity contribution in [3.63, 3.8) is 0 Å². The second-order valence-electron chi connectivity index (χ2n) is 5.30. The molecule has 2 heterocycles. The van der Waals surface area contributed by atoms with E-state index in [1.54, 1.807) is 0 Å². The van der Waals surface area contributed by atoms with Crippen molar-refractivity contribution in [3.05, 3.63) is 22.8 Å². The van der Waals surface area contributed by atoms with Crippen LogP contribution in [-0.4, -0.2) is 36.6 Å². The van der Waals surface area contributed by atoms with Crippen molar-refractivity contribution >= 4 is 21.7 Å². The lowest BCUT2D eigenvalue weighted by Gasteiger charge is -2.38. The fraction of sp³-hybridized carbons (Fsp3) is 0.615. The summed E-state index contributed by atoms with van der Waals surface area (Å²) in [5, 5.41) is 3.46. The molecular formula is C13H20BrN3. The number of pyridine rings is 1. The minimum Gasteiger partial charge on any atom is -0.369 e. The van der Waals surface area contributed by atoms with Gasteiger partial charge in [-0.05, 0) is 66.5 Å². The fourth-order valence-electron chi connectivity index (χ4n) is 2.15. The van der Waals surface area contributed by atoms with Gasteiger partial charge in [0.2, 0.25) is 0 Å². The maximum Gasteiger partial charge on any atom is 0.140 e. The number of halogens is 1. The van der Waals surface area contributed by atoms with Gasteiger partial charge in [0, 0.05) is 12.7 Å². The maximum absolute atomic E-state index is 4.34. The van der Waals surface area contributed by atoms with Crippen molar-refractivity contribution in [2.45, 2.75) is 19.8 Å². The number of nitrogens with one attached hydrogen (secondary N) is 1. The van der Waals surface area contributed by atoms with Crippen LogP contribution in [0.1, 0.15) is 19.8 Å². The molecule has 17 heavy (non-hydrogen) atoms. The Morgan fingerprint density at radius 3 is 2.82 bits per heavy atom. The van der Waals surface area contributed by atoms with Crippen molar-refractivity contribution in [1.82, 2.24) is 9.88 Å². The molecule has 0 aliphatic carbocycles. The first-order chi connectivity index (χ1) is 8.09. The molecule has 1 N–H and O–H groups in total. The van der Waals surface area contributed by atoms with Gasteiger partial charge in [0.05, 0.1) is 4.47 Å². The molecule has 0 saturated carbocycles. The predicted octanol–water partition coefficient (Wildman–Crippen LogP) is 2.99. The molecule has 0 radical (unpaired) electrons. The van der Waals surface area contributed by atoms with Crippen molar-refractivity contribution in [2.24, 2.45) is 5.41 Å². The molecule has 1 aromatic heterocycles. The van der Waals surface area contributed by atoms with Gasteiger partial charge in [-0.15, -0.1) is 0 Å². The van der Waals surface area contributed by atoms with Crippen LogP contribution in [0.5, 0.6) is 0 Å². The number of anilines is 1. The van der Waals surface area contributed by atoms with E-state index in [2.05, 4.69) is 45.1 Å². The molecule has 1 aliphatic rings. The smallest absolute Gasteiger partial charge is 0.140 e. The number of piperidine rings is 1. The van der Waals surface area contributed by atoms with E-state index in [0.29, 0.717) is 5.41 Å². The molecule has 0 spiro atoms. The zero-order valence-corrected chi connectivity index (χ0v) is 12.1. The third-order valence-corrected chi connectivity index (χ3v) is 4.28. The zero-order valence-electron chi connectivity index (χ0n) is 10.5. The summed E-state index contributed by atoms with van der Waals surface area (Å²) in [6, 6.07) is 3.96. The molecule has 94 valence electrons. The van der Waals surface area contributed by atoms with Crippen molar-refractivity contribution in [1.29, 1.82) is 0 Å². The summed E-state index contributed by atoms with van der Waals surface area (Å²) < 4.78 is 1.04. The number of aromatic nitrogens is 1. The Morgan fingerprint density at radius 1 is 1.47 bits per heavy atom. The predicted molar refractivity (Wildman–Crippen MR) is 75.3 cm³/mol. The lowest BCUT2D eigenvalue weighted by atomic mass is 9.80. The van der Waals surface area contributed by atoms with Crippen molar-refractivity contribution < 1.29 is 0 Å². The van der Waals surface area contributed by atoms with Crippen LogP contribution in [0, 0.1) is 5.41 Å². The Hall–Kier alpha value is -0.610. The number of nitrogens with zero attached hydrogens (tertiary/aromatic N) is 2. The first-order valence-corrected chi connectivity index (χ1v) is 6.91. The van der Waals surface area contributed by atoms with E-state index in [-0.39, 0.29) is 0 Å². The van der Waals surface area contributed by atoms with Gasteiger partial charge in [0.25, 0.3) is 0 Å². The largest absolute Gasteiger partial charge is 0.369 e. The Morgan fingerprint density at radius 2 is 2.18 bits per heavy atom. The Bertz CT molecular complexity index is 373. The van der Waals surface area contributed by atoms with Crippen LogP contribution in [0.4, 0.5) is 5.82 Å². The van der Waals surface area contributed by atoms with Crippen LogP contribution in [0.2, 0.25) is 0 Å². The molecule has 1 aromatic rings. The highest BCUT2D eigenvalue weighted by molar-refractivity contribution is 9.10. The van der Waals surface area contributed by atoms with E-state index in [0.717, 1.165) is 16.8 Å². The van der Waals surface area contributed by atoms with Crippen molar-refractivity contribution in [3.8, 4) is 0 Å². The molecule has 0 bridgehead atoms. The lowest BCUT2D eigenvalue weighted by Crippen LogP contribution is -2.40. The van der Waals surface area contributed by atoms with E-state index in [1.165, 1.54) is 25.9 Å². The second kappa shape index (κ2) is 5.36. The third kappa shape index (κ3) is 3.42. The number of hydrogen-bond acceptors (Lipinski definition) is 3. The minimum absolute atomic E-state index is 0.392. The molecule has 4 heteroatoms. The summed E-state index contributed by atoms with van der Waals surface area (Å²) in [5.41, 5.74) is 0.392. The highest BCUT2D eigenvalue weighted by Gasteiger charge is 2.28. The third-order valence-electron chi connectivity index (χ3n) is 3.64. The highest BCUT2D eigenvalue weighted by Crippen LogP contribution is 2.31. The fourth-order valence-corrected chi connectivity index (χ4v) is 2.54. The van der Waals surface area contributed by atoms with Gasteiger partial charge >= 0.3 is 0 Å². The highest BCUT2D eigenvalue weighted by atomic mass is 79.9. The van der Waals surface area contributed by atoms with Crippen LogP contribution in [0.15, 0.2) is 22.8 Å². The molecule has 0 aromatic carbocycles. The van der Waals surface area contributed by atoms with Gasteiger partial charge < -0.3 is 10.2 Å². The second-order valence-corrected chi connectivity index (χ2v) is 6.16. The first kappa shape index (κ1) is 12.8. The topological polar surface area (TPSA) is 28.2 Å². The van der Waals surface area contributed by atoms with Crippen LogP contribution in [0.3, 0.4) is 0 Å². The maximum atomic E-state index is 4.34. The van der Waals surface area contributed by atoms with Crippen LogP contribution in [-0.2, 0) is 0 Å². The summed E-state index contributed by atoms with van der Waals surface area (Å²) in [7, 11) is 2.20. The zero-order chi connectivity index (χ0) is 12.3. The Balaban J connectivity index is 1.92. The summed E-state index contributed by atoms with van der Waals surface area (Å²) in [5.74, 6) is 0.952. The first-order valence-electron chi connectivity index (χ1n) is 6.12. The molecule has 3 nitrogen and oxygen atoms in total. The molecule has 1 fully saturated rings. The van der Waals surface area contributed by atoms with E-state index in [9.17, 15) is 0 Å². The summed E-state index contributed by atoms with van der Waals surface area (Å²) >= 11 is 3.52. The summed E-state index contributed by atoms with van der Waals surface area (Å²) in [6.45, 7) is 5.75. The molecule has 0 atom stereocenters. The van der Waals surface area contributed by atoms with Gasteiger partial charge in [0.15, 0.2) is 0 Å². The number of likely N-dealkylation sites (tertiary alicyclic amines) is 1. The molecule has 1 saturated heterocycles. The molecule has 2 rings (SSSR count). The van der Waals surface area contributed by atoms with Crippen molar-refractivity contribution in [2.75, 3.05) is 32.0 Å². The van der Waals surface area contributed by atoms with Gasteiger partial charge in [-0.25, -0.2) is 4.98 Å². The van der Waals surface area contributed by atoms with Crippen LogP contribution >= 0.6 is 15.9 Å². The monoisotopic (exact) mass is 297 g/mol. The quantitative estimate of drug-likeness (QED) is 0.930. The van der Waals surface area contributed by atoms with Crippen LogP contribution < -0.4 is 5.32 Å². The molecular weight excluding hydrogens is 278 g/mol. The average molecular weight is 298 g/mol. The van der Waals surface area contributed by atoms with Gasteiger partial charge in [-0.2, -0.15) is 0 Å². The van der Waals surface area contributed by atoms with E-state index in [4.69, 9.17) is 0 Å². The Labute approximate surface area is 112 Å². The van der Waals surface area contributed by atoms with Gasteiger partial charge in [-0.3, -0.25) is 0 Å². The Kier molecular flexibility index (Phi) is 4.05. The normalized spacial score (nSPS) is 20.2. The lowest BCUT2D eigenvalue weighted by molar-refractivity contribution is 0.150. The minimum atomic E-state index is 0.392. The molecule has 1 aliphatic heterocycles. The summed E-state index contributed by atoms with van der Waals surface area (Å²) in [6.07, 6.45) is 4.33. The molecule has 0 amide bonds. The van der Waals surface area contributed by atoms with Gasteiger partial charge in [-0.1, -0.05) is 6.92 Å². The number of rotatable bonds is 3.